The molecule has 10 heavy (non-hydrogen) atoms. The highest BCUT2D eigenvalue weighted by Gasteiger charge is 1.93. The molecule has 4 N–H and O–H groups in total. The first-order valence-corrected chi connectivity index (χ1v) is 2.91. The summed E-state index contributed by atoms with van der Waals surface area (Å²) >= 11 is 0. The van der Waals surface area contributed by atoms with Crippen LogP contribution in [0.2, 0.25) is 0 Å². The van der Waals surface area contributed by atoms with E-state index in [2.05, 4.69) is 5.23 Å². The lowest BCUT2D eigenvalue weighted by molar-refractivity contribution is 0.609. The first-order valence-electron chi connectivity index (χ1n) is 2.91. The predicted molar refractivity (Wildman–Crippen MR) is 42.4 cm³/mol. The molecular formula is C6H8BN2O. The lowest BCUT2D eigenvalue weighted by Crippen LogP contribution is -2.06. The zero-order valence-corrected chi connectivity index (χ0v) is 5.41. The Hall–Kier alpha value is -1.16. The van der Waals surface area contributed by atoms with Gasteiger partial charge in [-0.05, 0) is 12.1 Å². The smallest absolute Gasteiger partial charge is 0.433 e. The molecule has 0 aliphatic carbocycles. The summed E-state index contributed by atoms with van der Waals surface area (Å²) in [4.78, 5) is 0. The summed E-state index contributed by atoms with van der Waals surface area (Å²) in [6.07, 6.45) is 0. The van der Waals surface area contributed by atoms with Crippen LogP contribution in [0.4, 0.5) is 11.4 Å². The van der Waals surface area contributed by atoms with E-state index in [0.29, 0.717) is 11.4 Å². The molecule has 1 rings (SSSR count). The van der Waals surface area contributed by atoms with Crippen molar-refractivity contribution in [3.8, 4) is 0 Å². The lowest BCUT2D eigenvalue weighted by atomic mass is 10.2. The van der Waals surface area contributed by atoms with Crippen molar-refractivity contribution < 1.29 is 5.02 Å². The van der Waals surface area contributed by atoms with Crippen molar-refractivity contribution in [2.75, 3.05) is 11.0 Å². The summed E-state index contributed by atoms with van der Waals surface area (Å²) in [5.74, 6) is 0. The number of anilines is 2. The SMILES string of the molecule is Nc1ccccc1N[B]O. The zero-order valence-electron chi connectivity index (χ0n) is 5.41. The second-order valence-corrected chi connectivity index (χ2v) is 1.86. The Kier molecular flexibility index (Phi) is 2.17. The minimum absolute atomic E-state index is 0.618. The topological polar surface area (TPSA) is 58.3 Å². The minimum atomic E-state index is 0.618. The van der Waals surface area contributed by atoms with Crippen molar-refractivity contribution in [2.45, 2.75) is 0 Å². The van der Waals surface area contributed by atoms with Gasteiger partial charge in [-0.15, -0.1) is 0 Å². The molecule has 51 valence electrons. The van der Waals surface area contributed by atoms with E-state index in [9.17, 15) is 0 Å². The molecule has 4 heteroatoms. The molecule has 0 bridgehead atoms. The summed E-state index contributed by atoms with van der Waals surface area (Å²) in [6.45, 7) is 0. The van der Waals surface area contributed by atoms with Crippen LogP contribution < -0.4 is 11.0 Å². The third-order valence-corrected chi connectivity index (χ3v) is 1.18. The van der Waals surface area contributed by atoms with Crippen LogP contribution in [0.5, 0.6) is 0 Å². The van der Waals surface area contributed by atoms with Gasteiger partial charge in [-0.1, -0.05) is 12.1 Å². The van der Waals surface area contributed by atoms with Gasteiger partial charge in [0.15, 0.2) is 0 Å². The highest BCUT2D eigenvalue weighted by atomic mass is 16.2. The second kappa shape index (κ2) is 3.13. The highest BCUT2D eigenvalue weighted by Crippen LogP contribution is 2.14. The van der Waals surface area contributed by atoms with Crippen molar-refractivity contribution >= 4 is 19.0 Å². The predicted octanol–water partition coefficient (Wildman–Crippen LogP) is 0.207. The molecular weight excluding hydrogens is 127 g/mol. The second-order valence-electron chi connectivity index (χ2n) is 1.86. The van der Waals surface area contributed by atoms with Crippen LogP contribution in [0.15, 0.2) is 24.3 Å². The molecule has 1 aromatic carbocycles. The first kappa shape index (κ1) is 6.96. The summed E-state index contributed by atoms with van der Waals surface area (Å²) < 4.78 is 0. The number of hydrogen-bond acceptors (Lipinski definition) is 3. The number of rotatable bonds is 2. The van der Waals surface area contributed by atoms with Crippen molar-refractivity contribution in [3.05, 3.63) is 24.3 Å². The molecule has 0 heterocycles. The van der Waals surface area contributed by atoms with Gasteiger partial charge >= 0.3 is 7.62 Å². The Bertz CT molecular complexity index is 217. The minimum Gasteiger partial charge on any atom is -0.435 e. The van der Waals surface area contributed by atoms with Crippen LogP contribution in [-0.2, 0) is 0 Å². The molecule has 0 saturated heterocycles. The van der Waals surface area contributed by atoms with Gasteiger partial charge in [0.05, 0.1) is 5.69 Å². The van der Waals surface area contributed by atoms with Gasteiger partial charge < -0.3 is 16.0 Å². The van der Waals surface area contributed by atoms with E-state index in [0.717, 1.165) is 7.62 Å². The zero-order chi connectivity index (χ0) is 7.40. The summed E-state index contributed by atoms with van der Waals surface area (Å²) in [5, 5.41) is 10.9. The van der Waals surface area contributed by atoms with Crippen molar-refractivity contribution in [1.29, 1.82) is 0 Å². The first-order chi connectivity index (χ1) is 4.84. The molecule has 0 aromatic heterocycles. The third-order valence-electron chi connectivity index (χ3n) is 1.18. The highest BCUT2D eigenvalue weighted by molar-refractivity contribution is 6.31. The van der Waals surface area contributed by atoms with Gasteiger partial charge in [0.2, 0.25) is 0 Å². The van der Waals surface area contributed by atoms with Crippen LogP contribution in [-0.4, -0.2) is 12.6 Å². The average molecular weight is 135 g/mol. The van der Waals surface area contributed by atoms with Gasteiger partial charge in [0, 0.05) is 5.69 Å². The summed E-state index contributed by atoms with van der Waals surface area (Å²) in [5.41, 5.74) is 6.84. The maximum atomic E-state index is 8.35. The monoisotopic (exact) mass is 135 g/mol. The Morgan fingerprint density at radius 2 is 2.10 bits per heavy atom. The Labute approximate surface area is 60.2 Å². The van der Waals surface area contributed by atoms with Gasteiger partial charge in [0.25, 0.3) is 0 Å². The number of nitrogen functional groups attached to an aromatic ring is 1. The van der Waals surface area contributed by atoms with Crippen molar-refractivity contribution in [3.63, 3.8) is 0 Å². The molecule has 0 aliphatic heterocycles. The van der Waals surface area contributed by atoms with E-state index in [1.807, 2.05) is 12.1 Å². The Morgan fingerprint density at radius 1 is 1.40 bits per heavy atom. The van der Waals surface area contributed by atoms with Crippen LogP contribution in [0, 0.1) is 0 Å². The average Bonchev–Trinajstić information content (AvgIpc) is 1.94. The molecule has 0 spiro atoms. The van der Waals surface area contributed by atoms with E-state index in [1.54, 1.807) is 12.1 Å². The molecule has 3 nitrogen and oxygen atoms in total. The van der Waals surface area contributed by atoms with Crippen molar-refractivity contribution in [2.24, 2.45) is 0 Å². The van der Waals surface area contributed by atoms with Crippen LogP contribution in [0.3, 0.4) is 0 Å². The number of nitrogens with one attached hydrogen (secondary N) is 1. The fourth-order valence-electron chi connectivity index (χ4n) is 0.698. The molecule has 0 atom stereocenters. The van der Waals surface area contributed by atoms with E-state index in [1.165, 1.54) is 0 Å². The molecule has 0 unspecified atom stereocenters. The van der Waals surface area contributed by atoms with E-state index >= 15 is 0 Å². The standard InChI is InChI=1S/C6H8BN2O/c8-5-3-1-2-4-6(5)9-7-10/h1-4,9-10H,8H2. The fourth-order valence-corrected chi connectivity index (χ4v) is 0.698. The quantitative estimate of drug-likeness (QED) is 0.401. The molecule has 0 aliphatic rings. The normalized spacial score (nSPS) is 8.90. The number of para-hydroxylation sites is 2. The number of hydrogen-bond donors (Lipinski definition) is 3. The summed E-state index contributed by atoms with van der Waals surface area (Å²) in [7, 11) is 0.853. The Morgan fingerprint density at radius 3 is 2.70 bits per heavy atom. The molecule has 1 radical (unpaired) electrons. The largest absolute Gasteiger partial charge is 0.435 e. The number of nitrogens with two attached hydrogens (primary N) is 1. The van der Waals surface area contributed by atoms with Gasteiger partial charge in [-0.3, -0.25) is 0 Å². The fraction of sp³-hybridized carbons (Fsp3) is 0. The van der Waals surface area contributed by atoms with E-state index in [-0.39, 0.29) is 0 Å². The van der Waals surface area contributed by atoms with Crippen LogP contribution in [0.25, 0.3) is 0 Å². The van der Waals surface area contributed by atoms with Crippen LogP contribution in [0.1, 0.15) is 0 Å². The van der Waals surface area contributed by atoms with Crippen LogP contribution >= 0.6 is 0 Å². The maximum absolute atomic E-state index is 8.35. The Balaban J connectivity index is 2.81. The molecule has 0 saturated carbocycles. The molecule has 1 aromatic rings. The third kappa shape index (κ3) is 1.42. The maximum Gasteiger partial charge on any atom is 0.433 e. The van der Waals surface area contributed by atoms with E-state index in [4.69, 9.17) is 10.8 Å². The van der Waals surface area contributed by atoms with Gasteiger partial charge in [0.1, 0.15) is 0 Å². The lowest BCUT2D eigenvalue weighted by Gasteiger charge is -2.03. The molecule has 0 amide bonds. The summed E-state index contributed by atoms with van der Waals surface area (Å²) in [6, 6.07) is 7.20. The molecule has 0 fully saturated rings. The number of benzene rings is 1. The van der Waals surface area contributed by atoms with Gasteiger partial charge in [-0.25, -0.2) is 0 Å². The van der Waals surface area contributed by atoms with Crippen molar-refractivity contribution in [1.82, 2.24) is 0 Å². The van der Waals surface area contributed by atoms with E-state index < -0.39 is 0 Å². The van der Waals surface area contributed by atoms with Gasteiger partial charge in [-0.2, -0.15) is 0 Å².